The first-order valence-electron chi connectivity index (χ1n) is 16.4. The fraction of sp³-hybridized carbons (Fsp3) is 0.595. The molecule has 0 heterocycles. The van der Waals surface area contributed by atoms with Crippen LogP contribution in [0.4, 0.5) is 0 Å². The molecule has 2 aliphatic carbocycles. The summed E-state index contributed by atoms with van der Waals surface area (Å²) >= 11 is 0. The second-order valence-corrected chi connectivity index (χ2v) is 12.4. The lowest BCUT2D eigenvalue weighted by Crippen LogP contribution is -2.25. The summed E-state index contributed by atoms with van der Waals surface area (Å²) in [5.74, 6) is 4.01. The minimum Gasteiger partial charge on any atom is -0.490 e. The van der Waals surface area contributed by atoms with Crippen molar-refractivity contribution in [2.24, 2.45) is 17.8 Å². The Labute approximate surface area is 248 Å². The van der Waals surface area contributed by atoms with Crippen LogP contribution in [0.25, 0.3) is 11.1 Å². The van der Waals surface area contributed by atoms with E-state index in [1.165, 1.54) is 93.7 Å². The van der Waals surface area contributed by atoms with Gasteiger partial charge in [0.25, 0.3) is 0 Å². The lowest BCUT2D eigenvalue weighted by molar-refractivity contribution is -0.139. The van der Waals surface area contributed by atoms with Gasteiger partial charge < -0.3 is 14.6 Å². The van der Waals surface area contributed by atoms with Gasteiger partial charge in [0.15, 0.2) is 0 Å². The lowest BCUT2D eigenvalue weighted by Gasteiger charge is -2.38. The minimum absolute atomic E-state index is 0.0382. The first-order valence-corrected chi connectivity index (χ1v) is 16.4. The third-order valence-corrected chi connectivity index (χ3v) is 9.63. The molecule has 2 aromatic rings. The zero-order chi connectivity index (χ0) is 28.9. The molecule has 0 atom stereocenters. The second-order valence-electron chi connectivity index (χ2n) is 12.4. The molecular weight excluding hydrogens is 508 g/mol. The van der Waals surface area contributed by atoms with Gasteiger partial charge in [-0.3, -0.25) is 0 Å². The number of hydrogen-bond acceptors (Lipinski definition) is 4. The van der Waals surface area contributed by atoms with Crippen LogP contribution in [0.1, 0.15) is 108 Å². The molecule has 0 aliphatic heterocycles. The van der Waals surface area contributed by atoms with E-state index in [4.69, 9.17) is 14.6 Å². The number of esters is 1. The molecule has 2 aliphatic rings. The average Bonchev–Trinajstić information content (AvgIpc) is 3.03. The van der Waals surface area contributed by atoms with E-state index in [9.17, 15) is 4.79 Å². The van der Waals surface area contributed by atoms with Crippen molar-refractivity contribution in [2.75, 3.05) is 19.8 Å². The van der Waals surface area contributed by atoms with E-state index < -0.39 is 5.97 Å². The van der Waals surface area contributed by atoms with Gasteiger partial charge in [-0.15, -0.1) is 0 Å². The van der Waals surface area contributed by atoms with E-state index in [0.29, 0.717) is 24.3 Å². The maximum Gasteiger partial charge on any atom is 0.333 e. The molecule has 0 radical (unpaired) electrons. The lowest BCUT2D eigenvalue weighted by atomic mass is 9.68. The Morgan fingerprint density at radius 3 is 2.02 bits per heavy atom. The van der Waals surface area contributed by atoms with E-state index in [2.05, 4.69) is 49.9 Å². The van der Waals surface area contributed by atoms with Crippen LogP contribution in [0, 0.1) is 17.8 Å². The molecule has 0 aromatic heterocycles. The molecule has 4 rings (SSSR count). The largest absolute Gasteiger partial charge is 0.490 e. The van der Waals surface area contributed by atoms with E-state index >= 15 is 0 Å². The molecule has 0 bridgehead atoms. The van der Waals surface area contributed by atoms with Gasteiger partial charge in [0.2, 0.25) is 0 Å². The van der Waals surface area contributed by atoms with Gasteiger partial charge in [-0.1, -0.05) is 88.4 Å². The first-order chi connectivity index (χ1) is 20.1. The molecule has 0 unspecified atom stereocenters. The normalized spacial score (nSPS) is 22.7. The molecule has 2 aromatic carbocycles. The van der Waals surface area contributed by atoms with Gasteiger partial charge in [-0.25, -0.2) is 4.79 Å². The Morgan fingerprint density at radius 1 is 0.805 bits per heavy atom. The van der Waals surface area contributed by atoms with Crippen LogP contribution in [-0.2, 0) is 9.53 Å². The average molecular weight is 561 g/mol. The number of benzene rings is 2. The topological polar surface area (TPSA) is 55.8 Å². The van der Waals surface area contributed by atoms with Crippen molar-refractivity contribution >= 4 is 5.97 Å². The fourth-order valence-corrected chi connectivity index (χ4v) is 7.04. The van der Waals surface area contributed by atoms with Crippen LogP contribution >= 0.6 is 0 Å². The third-order valence-electron chi connectivity index (χ3n) is 9.63. The summed E-state index contributed by atoms with van der Waals surface area (Å²) in [4.78, 5) is 11.9. The minimum atomic E-state index is -0.427. The number of aliphatic hydroxyl groups is 1. The van der Waals surface area contributed by atoms with Crippen molar-refractivity contribution in [3.8, 4) is 16.9 Å². The maximum absolute atomic E-state index is 11.9. The summed E-state index contributed by atoms with van der Waals surface area (Å²) in [5.41, 5.74) is 4.28. The number of carbonyl (C=O) groups is 1. The molecule has 2 saturated carbocycles. The van der Waals surface area contributed by atoms with E-state index in [1.807, 2.05) is 12.1 Å². The standard InChI is InChI=1S/C37H52O4/c1-3-4-5-8-29-9-11-30(12-10-29)31-13-15-32(16-14-31)33-17-19-34(20-18-33)35-21-23-36(24-22-35)40-26-27-41-37(39)28(2)7-6-25-38/h17-24,29-32,38H,2-16,25-27H2,1H3. The highest BCUT2D eigenvalue weighted by Crippen LogP contribution is 2.44. The molecule has 4 heteroatoms. The fourth-order valence-electron chi connectivity index (χ4n) is 7.04. The van der Waals surface area contributed by atoms with Crippen molar-refractivity contribution in [1.82, 2.24) is 0 Å². The highest BCUT2D eigenvalue weighted by molar-refractivity contribution is 5.87. The summed E-state index contributed by atoms with van der Waals surface area (Å²) in [5, 5.41) is 8.85. The number of hydrogen-bond donors (Lipinski definition) is 1. The second kappa shape index (κ2) is 16.8. The smallest absolute Gasteiger partial charge is 0.333 e. The Kier molecular flexibility index (Phi) is 12.8. The van der Waals surface area contributed by atoms with Gasteiger partial charge >= 0.3 is 5.97 Å². The monoisotopic (exact) mass is 560 g/mol. The van der Waals surface area contributed by atoms with Crippen molar-refractivity contribution in [3.63, 3.8) is 0 Å². The number of ether oxygens (including phenoxy) is 2. The van der Waals surface area contributed by atoms with Crippen LogP contribution in [0.3, 0.4) is 0 Å². The molecule has 0 spiro atoms. The zero-order valence-electron chi connectivity index (χ0n) is 25.3. The predicted octanol–water partition coefficient (Wildman–Crippen LogP) is 9.26. The van der Waals surface area contributed by atoms with Crippen molar-refractivity contribution in [2.45, 2.75) is 103 Å². The van der Waals surface area contributed by atoms with E-state index in [1.54, 1.807) is 0 Å². The van der Waals surface area contributed by atoms with Gasteiger partial charge in [0, 0.05) is 12.2 Å². The third kappa shape index (κ3) is 9.74. The van der Waals surface area contributed by atoms with E-state index in [-0.39, 0.29) is 19.8 Å². The molecule has 4 nitrogen and oxygen atoms in total. The SMILES string of the molecule is C=C(CCCO)C(=O)OCCOc1ccc(-c2ccc(C3CCC(C4CCC(CCCCC)CC4)CC3)cc2)cc1. The summed E-state index contributed by atoms with van der Waals surface area (Å²) in [6.07, 6.45) is 18.1. The summed E-state index contributed by atoms with van der Waals surface area (Å²) in [6, 6.07) is 17.3. The highest BCUT2D eigenvalue weighted by atomic mass is 16.6. The van der Waals surface area contributed by atoms with Gasteiger partial charge in [0.05, 0.1) is 0 Å². The van der Waals surface area contributed by atoms with Crippen LogP contribution < -0.4 is 4.74 Å². The molecule has 0 saturated heterocycles. The van der Waals surface area contributed by atoms with Gasteiger partial charge in [-0.2, -0.15) is 0 Å². The van der Waals surface area contributed by atoms with Crippen molar-refractivity contribution < 1.29 is 19.4 Å². The number of rotatable bonds is 15. The number of unbranched alkanes of at least 4 members (excludes halogenated alkanes) is 2. The summed E-state index contributed by atoms with van der Waals surface area (Å²) < 4.78 is 10.9. The molecule has 224 valence electrons. The van der Waals surface area contributed by atoms with Gasteiger partial charge in [-0.05, 0) is 104 Å². The van der Waals surface area contributed by atoms with Crippen molar-refractivity contribution in [3.05, 3.63) is 66.2 Å². The molecule has 2 fully saturated rings. The molecular formula is C37H52O4. The van der Waals surface area contributed by atoms with Crippen LogP contribution in [0.2, 0.25) is 0 Å². The molecule has 1 N–H and O–H groups in total. The van der Waals surface area contributed by atoms with E-state index in [0.717, 1.165) is 23.5 Å². The first kappa shape index (κ1) is 31.3. The molecule has 0 amide bonds. The Bertz CT molecular complexity index is 1040. The number of carbonyl (C=O) groups excluding carboxylic acids is 1. The van der Waals surface area contributed by atoms with Gasteiger partial charge in [0.1, 0.15) is 19.0 Å². The Balaban J connectivity index is 1.16. The maximum atomic E-state index is 11.9. The quantitative estimate of drug-likeness (QED) is 0.134. The Morgan fingerprint density at radius 2 is 1.41 bits per heavy atom. The van der Waals surface area contributed by atoms with Crippen LogP contribution in [0.5, 0.6) is 5.75 Å². The predicted molar refractivity (Wildman–Crippen MR) is 168 cm³/mol. The summed E-state index contributed by atoms with van der Waals surface area (Å²) in [7, 11) is 0. The highest BCUT2D eigenvalue weighted by Gasteiger charge is 2.31. The van der Waals surface area contributed by atoms with Crippen molar-refractivity contribution in [1.29, 1.82) is 0 Å². The Hall–Kier alpha value is -2.59. The zero-order valence-corrected chi connectivity index (χ0v) is 25.3. The van der Waals surface area contributed by atoms with Crippen LogP contribution in [-0.4, -0.2) is 30.9 Å². The number of aliphatic hydroxyl groups excluding tert-OH is 1. The summed E-state index contributed by atoms with van der Waals surface area (Å²) in [6.45, 7) is 6.51. The molecule has 41 heavy (non-hydrogen) atoms. The van der Waals surface area contributed by atoms with Crippen LogP contribution in [0.15, 0.2) is 60.7 Å².